The second-order valence-electron chi connectivity index (χ2n) is 5.46. The Bertz CT molecular complexity index is 627. The van der Waals surface area contributed by atoms with E-state index >= 15 is 0 Å². The molecule has 0 aromatic heterocycles. The topological polar surface area (TPSA) is 37.4 Å². The lowest BCUT2D eigenvalue weighted by molar-refractivity contribution is 0.411. The number of hydrogen-bond donors (Lipinski definition) is 0. The van der Waals surface area contributed by atoms with Gasteiger partial charge in [0.05, 0.1) is 0 Å². The highest BCUT2D eigenvalue weighted by atomic mass is 79.9. The first-order valence-electron chi connectivity index (χ1n) is 6.42. The highest BCUT2D eigenvalue weighted by Gasteiger charge is 2.34. The molecular formula is C13H16BrF2NO2S2. The quantitative estimate of drug-likeness (QED) is 0.761. The van der Waals surface area contributed by atoms with Gasteiger partial charge in [0, 0.05) is 34.1 Å². The summed E-state index contributed by atoms with van der Waals surface area (Å²) in [4.78, 5) is -0.492. The molecule has 0 bridgehead atoms. The van der Waals surface area contributed by atoms with Crippen LogP contribution in [0.25, 0.3) is 0 Å². The van der Waals surface area contributed by atoms with E-state index in [0.717, 1.165) is 6.07 Å². The van der Waals surface area contributed by atoms with Crippen molar-refractivity contribution in [1.29, 1.82) is 0 Å². The van der Waals surface area contributed by atoms with E-state index in [0.29, 0.717) is 31.3 Å². The minimum absolute atomic E-state index is 0.0111. The summed E-state index contributed by atoms with van der Waals surface area (Å²) in [6, 6.07) is 1.56. The SMILES string of the molecule is CC1(C)CCN(S(=O)(=O)c2c(F)cc(F)cc2Br)CCS1. The van der Waals surface area contributed by atoms with Crippen LogP contribution in [0.3, 0.4) is 0 Å². The molecule has 2 rings (SSSR count). The van der Waals surface area contributed by atoms with E-state index in [-0.39, 0.29) is 9.22 Å². The minimum Gasteiger partial charge on any atom is -0.207 e. The molecule has 1 heterocycles. The monoisotopic (exact) mass is 399 g/mol. The fraction of sp³-hybridized carbons (Fsp3) is 0.538. The third-order valence-corrected chi connectivity index (χ3v) is 7.59. The van der Waals surface area contributed by atoms with Gasteiger partial charge in [-0.2, -0.15) is 16.1 Å². The molecule has 0 N–H and O–H groups in total. The number of nitrogens with zero attached hydrogens (tertiary/aromatic N) is 1. The lowest BCUT2D eigenvalue weighted by atomic mass is 10.1. The third kappa shape index (κ3) is 3.78. The first-order valence-corrected chi connectivity index (χ1v) is 9.64. The molecule has 0 saturated carbocycles. The van der Waals surface area contributed by atoms with E-state index in [1.807, 2.05) is 0 Å². The summed E-state index contributed by atoms with van der Waals surface area (Å²) in [7, 11) is -3.98. The van der Waals surface area contributed by atoms with Gasteiger partial charge in [0.1, 0.15) is 16.5 Å². The van der Waals surface area contributed by atoms with Crippen LogP contribution in [0.4, 0.5) is 8.78 Å². The molecule has 1 saturated heterocycles. The molecule has 1 aliphatic heterocycles. The van der Waals surface area contributed by atoms with Crippen LogP contribution in [0.5, 0.6) is 0 Å². The number of thioether (sulfide) groups is 1. The molecule has 0 aliphatic carbocycles. The zero-order valence-electron chi connectivity index (χ0n) is 11.7. The van der Waals surface area contributed by atoms with E-state index in [1.54, 1.807) is 11.8 Å². The molecule has 0 spiro atoms. The molecule has 8 heteroatoms. The minimum atomic E-state index is -3.98. The van der Waals surface area contributed by atoms with Crippen LogP contribution in [-0.4, -0.2) is 36.3 Å². The van der Waals surface area contributed by atoms with Gasteiger partial charge < -0.3 is 0 Å². The predicted molar refractivity (Wildman–Crippen MR) is 84.0 cm³/mol. The summed E-state index contributed by atoms with van der Waals surface area (Å²) in [5, 5.41) is 0. The van der Waals surface area contributed by atoms with Crippen molar-refractivity contribution in [1.82, 2.24) is 4.31 Å². The van der Waals surface area contributed by atoms with Gasteiger partial charge in [-0.1, -0.05) is 13.8 Å². The fourth-order valence-corrected chi connectivity index (χ4v) is 5.92. The average Bonchev–Trinajstić information content (AvgIpc) is 2.48. The number of sulfonamides is 1. The molecule has 0 radical (unpaired) electrons. The smallest absolute Gasteiger partial charge is 0.207 e. The maximum absolute atomic E-state index is 13.9. The summed E-state index contributed by atoms with van der Waals surface area (Å²) in [5.41, 5.74) is 0. The highest BCUT2D eigenvalue weighted by molar-refractivity contribution is 9.10. The van der Waals surface area contributed by atoms with Crippen LogP contribution >= 0.6 is 27.7 Å². The van der Waals surface area contributed by atoms with E-state index in [9.17, 15) is 17.2 Å². The molecule has 0 unspecified atom stereocenters. The standard InChI is InChI=1S/C13H16BrF2NO2S2/c1-13(2)3-4-17(5-6-20-13)21(18,19)12-10(14)7-9(15)8-11(12)16/h7-8H,3-6H2,1-2H3. The predicted octanol–water partition coefficient (Wildman–Crippen LogP) is 3.63. The van der Waals surface area contributed by atoms with Gasteiger partial charge in [0.25, 0.3) is 0 Å². The second kappa shape index (κ2) is 6.14. The maximum atomic E-state index is 13.9. The summed E-state index contributed by atoms with van der Waals surface area (Å²) >= 11 is 4.65. The summed E-state index contributed by atoms with van der Waals surface area (Å²) in [5.74, 6) is -1.24. The zero-order valence-corrected chi connectivity index (χ0v) is 14.9. The molecule has 118 valence electrons. The average molecular weight is 400 g/mol. The Morgan fingerprint density at radius 2 is 1.95 bits per heavy atom. The largest absolute Gasteiger partial charge is 0.247 e. The van der Waals surface area contributed by atoms with E-state index < -0.39 is 26.6 Å². The summed E-state index contributed by atoms with van der Waals surface area (Å²) in [6.45, 7) is 4.76. The number of benzene rings is 1. The van der Waals surface area contributed by atoms with Crippen LogP contribution in [0.2, 0.25) is 0 Å². The van der Waals surface area contributed by atoms with Gasteiger partial charge in [0.15, 0.2) is 0 Å². The maximum Gasteiger partial charge on any atom is 0.247 e. The van der Waals surface area contributed by atoms with Crippen molar-refractivity contribution in [3.63, 3.8) is 0 Å². The molecular weight excluding hydrogens is 384 g/mol. The highest BCUT2D eigenvalue weighted by Crippen LogP contribution is 2.34. The Morgan fingerprint density at radius 3 is 2.57 bits per heavy atom. The molecule has 0 amide bonds. The summed E-state index contributed by atoms with van der Waals surface area (Å²) < 4.78 is 53.5. The van der Waals surface area contributed by atoms with Gasteiger partial charge in [-0.15, -0.1) is 0 Å². The van der Waals surface area contributed by atoms with Gasteiger partial charge in [0.2, 0.25) is 10.0 Å². The van der Waals surface area contributed by atoms with Crippen LogP contribution in [0.15, 0.2) is 21.5 Å². The van der Waals surface area contributed by atoms with Crippen molar-refractivity contribution < 1.29 is 17.2 Å². The molecule has 1 aromatic carbocycles. The second-order valence-corrected chi connectivity index (χ2v) is 9.99. The lowest BCUT2D eigenvalue weighted by Gasteiger charge is -2.23. The van der Waals surface area contributed by atoms with Gasteiger partial charge in [-0.25, -0.2) is 17.2 Å². The number of rotatable bonds is 2. The van der Waals surface area contributed by atoms with Crippen LogP contribution in [-0.2, 0) is 10.0 Å². The van der Waals surface area contributed by atoms with Gasteiger partial charge in [-0.3, -0.25) is 0 Å². The van der Waals surface area contributed by atoms with E-state index in [4.69, 9.17) is 0 Å². The van der Waals surface area contributed by atoms with E-state index in [2.05, 4.69) is 29.8 Å². The van der Waals surface area contributed by atoms with Crippen molar-refractivity contribution >= 4 is 37.7 Å². The van der Waals surface area contributed by atoms with Gasteiger partial charge >= 0.3 is 0 Å². The molecule has 0 atom stereocenters. The van der Waals surface area contributed by atoms with Crippen LogP contribution in [0, 0.1) is 11.6 Å². The molecule has 1 aliphatic rings. The van der Waals surface area contributed by atoms with Crippen molar-refractivity contribution in [2.75, 3.05) is 18.8 Å². The lowest BCUT2D eigenvalue weighted by Crippen LogP contribution is -2.34. The zero-order chi connectivity index (χ0) is 15.8. The molecule has 3 nitrogen and oxygen atoms in total. The molecule has 21 heavy (non-hydrogen) atoms. The Morgan fingerprint density at radius 1 is 1.29 bits per heavy atom. The Hall–Kier alpha value is -0.180. The first kappa shape index (κ1) is 17.2. The van der Waals surface area contributed by atoms with Crippen LogP contribution in [0.1, 0.15) is 20.3 Å². The van der Waals surface area contributed by atoms with Gasteiger partial charge in [-0.05, 0) is 28.4 Å². The Kier molecular flexibility index (Phi) is 5.02. The fourth-order valence-electron chi connectivity index (χ4n) is 2.15. The van der Waals surface area contributed by atoms with Crippen molar-refractivity contribution in [3.05, 3.63) is 28.2 Å². The Labute approximate surface area is 136 Å². The molecule has 1 aromatic rings. The first-order chi connectivity index (χ1) is 9.63. The van der Waals surface area contributed by atoms with Crippen molar-refractivity contribution in [3.8, 4) is 0 Å². The molecule has 1 fully saturated rings. The van der Waals surface area contributed by atoms with Crippen molar-refractivity contribution in [2.45, 2.75) is 29.9 Å². The summed E-state index contributed by atoms with van der Waals surface area (Å²) in [6.07, 6.45) is 0.678. The van der Waals surface area contributed by atoms with Crippen LogP contribution < -0.4 is 0 Å². The van der Waals surface area contributed by atoms with Crippen molar-refractivity contribution in [2.24, 2.45) is 0 Å². The Balaban J connectivity index is 2.39. The van der Waals surface area contributed by atoms with E-state index in [1.165, 1.54) is 4.31 Å². The number of hydrogen-bond acceptors (Lipinski definition) is 3. The number of halogens is 3. The third-order valence-electron chi connectivity index (χ3n) is 3.36. The normalized spacial score (nSPS) is 20.2.